The number of amides is 1. The second-order valence-corrected chi connectivity index (χ2v) is 4.25. The maximum atomic E-state index is 11.9. The van der Waals surface area contributed by atoms with Crippen LogP contribution in [0.15, 0.2) is 40.8 Å². The third kappa shape index (κ3) is 2.52. The summed E-state index contributed by atoms with van der Waals surface area (Å²) >= 11 is 5.63. The summed E-state index contributed by atoms with van der Waals surface area (Å²) in [5, 5.41) is 16.5. The third-order valence-corrected chi connectivity index (χ3v) is 2.72. The van der Waals surface area contributed by atoms with Gasteiger partial charge in [-0.2, -0.15) is 5.21 Å². The number of nitrogens with zero attached hydrogens (tertiary/aromatic N) is 3. The van der Waals surface area contributed by atoms with Crippen LogP contribution in [-0.4, -0.2) is 26.5 Å². The molecule has 0 atom stereocenters. The number of hydrogen-bond acceptors (Lipinski definition) is 5. The minimum Gasteiger partial charge on any atom is -0.440 e. The molecule has 0 saturated heterocycles. The Morgan fingerprint density at radius 3 is 2.90 bits per heavy atom. The molecule has 0 aliphatic carbocycles. The highest BCUT2D eigenvalue weighted by atomic mass is 35.5. The Morgan fingerprint density at radius 2 is 2.20 bits per heavy atom. The average molecular weight is 290 g/mol. The Kier molecular flexibility index (Phi) is 3.18. The van der Waals surface area contributed by atoms with Gasteiger partial charge in [-0.25, -0.2) is 0 Å². The molecule has 0 spiro atoms. The fraction of sp³-hybridized carbons (Fsp3) is 0. The first kappa shape index (κ1) is 12.4. The normalized spacial score (nSPS) is 10.4. The molecule has 3 rings (SSSR count). The number of aromatic amines is 1. The molecule has 2 N–H and O–H groups in total. The number of anilines is 1. The number of aromatic nitrogens is 4. The van der Waals surface area contributed by atoms with Crippen molar-refractivity contribution < 1.29 is 9.21 Å². The van der Waals surface area contributed by atoms with Gasteiger partial charge in [0, 0.05) is 11.3 Å². The lowest BCUT2D eigenvalue weighted by atomic mass is 10.2. The van der Waals surface area contributed by atoms with E-state index < -0.39 is 0 Å². The predicted octanol–water partition coefficient (Wildman–Crippen LogP) is 2.37. The van der Waals surface area contributed by atoms with Gasteiger partial charge in [0.1, 0.15) is 0 Å². The maximum absolute atomic E-state index is 11.9. The Labute approximate surface area is 117 Å². The van der Waals surface area contributed by atoms with Gasteiger partial charge in [-0.1, -0.05) is 12.1 Å². The summed E-state index contributed by atoms with van der Waals surface area (Å²) < 4.78 is 5.03. The standard InChI is InChI=1S/C12H8ClN5O2/c13-10-5-4-9(20-10)12(19)14-8-3-1-2-7(6-8)11-15-17-18-16-11/h1-6H,(H,14,19)(H,15,16,17,18). The number of furan rings is 1. The summed E-state index contributed by atoms with van der Waals surface area (Å²) in [6.07, 6.45) is 0. The lowest BCUT2D eigenvalue weighted by molar-refractivity contribution is 0.0997. The molecule has 1 aromatic carbocycles. The van der Waals surface area contributed by atoms with Gasteiger partial charge >= 0.3 is 0 Å². The molecule has 7 nitrogen and oxygen atoms in total. The first-order valence-corrected chi connectivity index (χ1v) is 6.01. The van der Waals surface area contributed by atoms with Crippen LogP contribution in [0.25, 0.3) is 11.4 Å². The summed E-state index contributed by atoms with van der Waals surface area (Å²) in [5.74, 6) is 0.198. The van der Waals surface area contributed by atoms with Crippen molar-refractivity contribution in [3.8, 4) is 11.4 Å². The Balaban J connectivity index is 1.81. The SMILES string of the molecule is O=C(Nc1cccc(-c2nn[nH]n2)c1)c1ccc(Cl)o1. The van der Waals surface area contributed by atoms with Crippen LogP contribution in [-0.2, 0) is 0 Å². The van der Waals surface area contributed by atoms with Crippen molar-refractivity contribution in [3.05, 3.63) is 47.4 Å². The molecule has 100 valence electrons. The van der Waals surface area contributed by atoms with Crippen LogP contribution in [0.2, 0.25) is 5.22 Å². The highest BCUT2D eigenvalue weighted by Crippen LogP contribution is 2.20. The van der Waals surface area contributed by atoms with Crippen LogP contribution in [0.5, 0.6) is 0 Å². The smallest absolute Gasteiger partial charge is 0.291 e. The fourth-order valence-corrected chi connectivity index (χ4v) is 1.80. The molecule has 0 radical (unpaired) electrons. The van der Waals surface area contributed by atoms with E-state index in [-0.39, 0.29) is 16.9 Å². The molecule has 8 heteroatoms. The van der Waals surface area contributed by atoms with Crippen molar-refractivity contribution in [1.82, 2.24) is 20.6 Å². The van der Waals surface area contributed by atoms with E-state index in [1.165, 1.54) is 12.1 Å². The fourth-order valence-electron chi connectivity index (χ4n) is 1.65. The molecule has 3 aromatic rings. The number of H-pyrrole nitrogens is 1. The van der Waals surface area contributed by atoms with Crippen molar-refractivity contribution in [3.63, 3.8) is 0 Å². The van der Waals surface area contributed by atoms with E-state index >= 15 is 0 Å². The van der Waals surface area contributed by atoms with E-state index in [9.17, 15) is 4.79 Å². The van der Waals surface area contributed by atoms with E-state index in [1.54, 1.807) is 18.2 Å². The molecule has 0 saturated carbocycles. The zero-order valence-electron chi connectivity index (χ0n) is 10.0. The molecular weight excluding hydrogens is 282 g/mol. The number of tetrazole rings is 1. The first-order valence-electron chi connectivity index (χ1n) is 5.63. The van der Waals surface area contributed by atoms with Crippen LogP contribution in [0, 0.1) is 0 Å². The van der Waals surface area contributed by atoms with E-state index in [0.29, 0.717) is 11.5 Å². The van der Waals surface area contributed by atoms with Gasteiger partial charge in [0.25, 0.3) is 5.91 Å². The quantitative estimate of drug-likeness (QED) is 0.771. The van der Waals surface area contributed by atoms with Gasteiger partial charge in [0.05, 0.1) is 0 Å². The van der Waals surface area contributed by atoms with Crippen LogP contribution in [0.3, 0.4) is 0 Å². The average Bonchev–Trinajstić information content (AvgIpc) is 3.10. The molecule has 2 aromatic heterocycles. The summed E-state index contributed by atoms with van der Waals surface area (Å²) in [6, 6.07) is 10.1. The summed E-state index contributed by atoms with van der Waals surface area (Å²) in [6.45, 7) is 0. The molecule has 0 fully saturated rings. The number of benzene rings is 1. The highest BCUT2D eigenvalue weighted by Gasteiger charge is 2.11. The van der Waals surface area contributed by atoms with Crippen LogP contribution >= 0.6 is 11.6 Å². The maximum Gasteiger partial charge on any atom is 0.291 e. The molecule has 1 amide bonds. The summed E-state index contributed by atoms with van der Waals surface area (Å²) in [4.78, 5) is 11.9. The third-order valence-electron chi connectivity index (χ3n) is 2.52. The van der Waals surface area contributed by atoms with Crippen molar-refractivity contribution in [2.75, 3.05) is 5.32 Å². The van der Waals surface area contributed by atoms with Gasteiger partial charge in [0.15, 0.2) is 11.0 Å². The molecule has 20 heavy (non-hydrogen) atoms. The number of halogens is 1. The molecule has 0 aliphatic rings. The largest absolute Gasteiger partial charge is 0.440 e. The molecular formula is C12H8ClN5O2. The van der Waals surface area contributed by atoms with Gasteiger partial charge in [-0.3, -0.25) is 4.79 Å². The second kappa shape index (κ2) is 5.14. The molecule has 0 unspecified atom stereocenters. The minimum absolute atomic E-state index is 0.139. The van der Waals surface area contributed by atoms with Crippen molar-refractivity contribution in [2.24, 2.45) is 0 Å². The minimum atomic E-state index is -0.387. The summed E-state index contributed by atoms with van der Waals surface area (Å²) in [5.41, 5.74) is 1.32. The van der Waals surface area contributed by atoms with Gasteiger partial charge < -0.3 is 9.73 Å². The number of rotatable bonds is 3. The van der Waals surface area contributed by atoms with E-state index in [1.807, 2.05) is 6.07 Å². The van der Waals surface area contributed by atoms with Crippen LogP contribution in [0.4, 0.5) is 5.69 Å². The Morgan fingerprint density at radius 1 is 1.30 bits per heavy atom. The lowest BCUT2D eigenvalue weighted by Gasteiger charge is -2.04. The van der Waals surface area contributed by atoms with Gasteiger partial charge in [0.2, 0.25) is 5.82 Å². The summed E-state index contributed by atoms with van der Waals surface area (Å²) in [7, 11) is 0. The highest BCUT2D eigenvalue weighted by molar-refractivity contribution is 6.29. The zero-order valence-corrected chi connectivity index (χ0v) is 10.8. The topological polar surface area (TPSA) is 96.7 Å². The Bertz CT molecular complexity index is 738. The first-order chi connectivity index (χ1) is 9.72. The predicted molar refractivity (Wildman–Crippen MR) is 71.3 cm³/mol. The van der Waals surface area contributed by atoms with E-state index in [0.717, 1.165) is 5.56 Å². The van der Waals surface area contributed by atoms with Gasteiger partial charge in [-0.15, -0.1) is 10.2 Å². The van der Waals surface area contributed by atoms with Gasteiger partial charge in [-0.05, 0) is 41.1 Å². The lowest BCUT2D eigenvalue weighted by Crippen LogP contribution is -2.10. The van der Waals surface area contributed by atoms with E-state index in [4.69, 9.17) is 16.0 Å². The Hall–Kier alpha value is -2.67. The number of carbonyl (C=O) groups excluding carboxylic acids is 1. The van der Waals surface area contributed by atoms with Crippen LogP contribution in [0.1, 0.15) is 10.6 Å². The van der Waals surface area contributed by atoms with Crippen molar-refractivity contribution >= 4 is 23.2 Å². The zero-order chi connectivity index (χ0) is 13.9. The van der Waals surface area contributed by atoms with Crippen molar-refractivity contribution in [2.45, 2.75) is 0 Å². The van der Waals surface area contributed by atoms with Crippen LogP contribution < -0.4 is 5.32 Å². The second-order valence-electron chi connectivity index (χ2n) is 3.87. The molecule has 2 heterocycles. The monoisotopic (exact) mass is 289 g/mol. The number of carbonyl (C=O) groups is 1. The molecule has 0 bridgehead atoms. The number of hydrogen-bond donors (Lipinski definition) is 2. The number of nitrogens with one attached hydrogen (secondary N) is 2. The molecule has 0 aliphatic heterocycles. The van der Waals surface area contributed by atoms with Crippen molar-refractivity contribution in [1.29, 1.82) is 0 Å². The van der Waals surface area contributed by atoms with E-state index in [2.05, 4.69) is 25.9 Å².